The molecule has 0 spiro atoms. The Morgan fingerprint density at radius 2 is 2.20 bits per heavy atom. The van der Waals surface area contributed by atoms with Crippen molar-refractivity contribution in [3.05, 3.63) is 0 Å². The molecule has 2 aliphatic heterocycles. The summed E-state index contributed by atoms with van der Waals surface area (Å²) in [5.74, 6) is -1.45. The summed E-state index contributed by atoms with van der Waals surface area (Å²) in [6.07, 6.45) is 0.549. The van der Waals surface area contributed by atoms with Crippen molar-refractivity contribution in [2.24, 2.45) is 0 Å². The van der Waals surface area contributed by atoms with Crippen LogP contribution >= 0.6 is 0 Å². The molecular weight excluding hydrogens is 222 g/mol. The Morgan fingerprint density at radius 3 is 2.87 bits per heavy atom. The van der Waals surface area contributed by atoms with Crippen molar-refractivity contribution in [2.45, 2.75) is 23.8 Å². The van der Waals surface area contributed by atoms with Gasteiger partial charge in [-0.05, 0) is 6.42 Å². The van der Waals surface area contributed by atoms with E-state index in [9.17, 15) is 13.2 Å². The summed E-state index contributed by atoms with van der Waals surface area (Å²) in [5, 5.41) is 11.1. The van der Waals surface area contributed by atoms with Crippen molar-refractivity contribution < 1.29 is 23.1 Å². The van der Waals surface area contributed by atoms with Gasteiger partial charge in [-0.2, -0.15) is 0 Å². The smallest absolute Gasteiger partial charge is 0.321 e. The summed E-state index contributed by atoms with van der Waals surface area (Å²) in [5.41, 5.74) is 0. The van der Waals surface area contributed by atoms with E-state index in [1.165, 1.54) is 0 Å². The molecule has 2 fully saturated rings. The Bertz CT molecular complexity index is 365. The lowest BCUT2D eigenvalue weighted by molar-refractivity contribution is -0.139. The van der Waals surface area contributed by atoms with Crippen molar-refractivity contribution in [1.82, 2.24) is 5.32 Å². The van der Waals surface area contributed by atoms with Gasteiger partial charge in [0, 0.05) is 12.6 Å². The normalized spacial score (nSPS) is 39.3. The molecule has 0 aromatic heterocycles. The second-order valence-electron chi connectivity index (χ2n) is 3.90. The van der Waals surface area contributed by atoms with Gasteiger partial charge < -0.3 is 9.84 Å². The Labute approximate surface area is 87.5 Å². The molecule has 86 valence electrons. The fourth-order valence-electron chi connectivity index (χ4n) is 2.06. The van der Waals surface area contributed by atoms with E-state index in [1.54, 1.807) is 0 Å². The second kappa shape index (κ2) is 3.73. The molecule has 0 amide bonds. The molecule has 0 aromatic rings. The minimum absolute atomic E-state index is 0.173. The molecule has 0 saturated carbocycles. The van der Waals surface area contributed by atoms with Crippen LogP contribution in [0.4, 0.5) is 0 Å². The molecule has 15 heavy (non-hydrogen) atoms. The van der Waals surface area contributed by atoms with E-state index in [4.69, 9.17) is 9.84 Å². The highest BCUT2D eigenvalue weighted by atomic mass is 32.2. The number of carbonyl (C=O) groups is 1. The number of hydrogen-bond acceptors (Lipinski definition) is 5. The van der Waals surface area contributed by atoms with Gasteiger partial charge >= 0.3 is 5.97 Å². The molecule has 2 N–H and O–H groups in total. The summed E-state index contributed by atoms with van der Waals surface area (Å²) in [7, 11) is -3.35. The third-order valence-corrected chi connectivity index (χ3v) is 5.06. The molecule has 6 nitrogen and oxygen atoms in total. The van der Waals surface area contributed by atoms with Crippen LogP contribution in [0.25, 0.3) is 0 Å². The molecule has 2 rings (SSSR count). The van der Waals surface area contributed by atoms with Crippen LogP contribution in [0.1, 0.15) is 6.42 Å². The molecule has 7 heteroatoms. The summed E-state index contributed by atoms with van der Waals surface area (Å²) in [4.78, 5) is 10.8. The Balaban J connectivity index is 2.22. The average molecular weight is 235 g/mol. The molecule has 3 unspecified atom stereocenters. The van der Waals surface area contributed by atoms with Crippen molar-refractivity contribution in [3.8, 4) is 0 Å². The van der Waals surface area contributed by atoms with E-state index >= 15 is 0 Å². The lowest BCUT2D eigenvalue weighted by atomic mass is 10.1. The number of rotatable bonds is 1. The first kappa shape index (κ1) is 10.8. The first-order valence-corrected chi connectivity index (χ1v) is 6.50. The number of hydrogen-bond donors (Lipinski definition) is 2. The fraction of sp³-hybridized carbons (Fsp3) is 0.875. The van der Waals surface area contributed by atoms with Crippen molar-refractivity contribution in [1.29, 1.82) is 0 Å². The molecule has 0 aliphatic carbocycles. The van der Waals surface area contributed by atoms with Crippen LogP contribution in [-0.2, 0) is 19.4 Å². The fourth-order valence-corrected chi connectivity index (χ4v) is 4.03. The van der Waals surface area contributed by atoms with Gasteiger partial charge in [-0.3, -0.25) is 10.1 Å². The monoisotopic (exact) mass is 235 g/mol. The minimum atomic E-state index is -3.35. The third-order valence-electron chi connectivity index (χ3n) is 2.88. The largest absolute Gasteiger partial charge is 0.480 e. The molecule has 0 radical (unpaired) electrons. The maximum atomic E-state index is 11.7. The maximum absolute atomic E-state index is 11.7. The topological polar surface area (TPSA) is 92.7 Å². The standard InChI is InChI=1S/C8H13NO5S/c10-8(11)6-4-15(12,13)7-3-14-2-1-5(7)9-6/h5-7,9H,1-4H2,(H,10,11). The van der Waals surface area contributed by atoms with E-state index in [1.807, 2.05) is 0 Å². The van der Waals surface area contributed by atoms with Crippen LogP contribution in [0.15, 0.2) is 0 Å². The Morgan fingerprint density at radius 1 is 1.47 bits per heavy atom. The molecular formula is C8H13NO5S. The van der Waals surface area contributed by atoms with Gasteiger partial charge in [0.2, 0.25) is 0 Å². The van der Waals surface area contributed by atoms with Gasteiger partial charge in [0.15, 0.2) is 9.84 Å². The van der Waals surface area contributed by atoms with E-state index in [0.29, 0.717) is 13.0 Å². The van der Waals surface area contributed by atoms with Crippen LogP contribution < -0.4 is 5.32 Å². The van der Waals surface area contributed by atoms with Crippen LogP contribution in [-0.4, -0.2) is 55.8 Å². The predicted molar refractivity (Wildman–Crippen MR) is 51.4 cm³/mol. The lowest BCUT2D eigenvalue weighted by Crippen LogP contribution is -2.62. The molecule has 3 atom stereocenters. The van der Waals surface area contributed by atoms with Gasteiger partial charge in [-0.25, -0.2) is 8.42 Å². The summed E-state index contributed by atoms with van der Waals surface area (Å²) in [6, 6.07) is -1.26. The number of ether oxygens (including phenoxy) is 1. The van der Waals surface area contributed by atoms with Crippen LogP contribution in [0, 0.1) is 0 Å². The molecule has 2 aliphatic rings. The molecule has 0 bridgehead atoms. The quantitative estimate of drug-likeness (QED) is 0.581. The van der Waals surface area contributed by atoms with E-state index in [2.05, 4.69) is 5.32 Å². The number of carboxylic acids is 1. The van der Waals surface area contributed by atoms with Crippen LogP contribution in [0.3, 0.4) is 0 Å². The SMILES string of the molecule is O=C(O)C1CS(=O)(=O)C2COCCC2N1. The van der Waals surface area contributed by atoms with Crippen molar-refractivity contribution in [3.63, 3.8) is 0 Å². The number of nitrogens with one attached hydrogen (secondary N) is 1. The number of aliphatic carboxylic acids is 1. The van der Waals surface area contributed by atoms with E-state index < -0.39 is 27.1 Å². The zero-order valence-corrected chi connectivity index (χ0v) is 8.87. The highest BCUT2D eigenvalue weighted by Crippen LogP contribution is 2.22. The van der Waals surface area contributed by atoms with Gasteiger partial charge in [-0.1, -0.05) is 0 Å². The maximum Gasteiger partial charge on any atom is 0.321 e. The predicted octanol–water partition coefficient (Wildman–Crippen LogP) is -1.38. The van der Waals surface area contributed by atoms with Crippen molar-refractivity contribution >= 4 is 15.8 Å². The molecule has 2 heterocycles. The zero-order valence-electron chi connectivity index (χ0n) is 8.05. The highest BCUT2D eigenvalue weighted by Gasteiger charge is 2.44. The molecule has 0 aromatic carbocycles. The molecule has 2 saturated heterocycles. The zero-order chi connectivity index (χ0) is 11.1. The highest BCUT2D eigenvalue weighted by molar-refractivity contribution is 7.92. The third kappa shape index (κ3) is 1.99. The van der Waals surface area contributed by atoms with Gasteiger partial charge in [-0.15, -0.1) is 0 Å². The Hall–Kier alpha value is -0.660. The minimum Gasteiger partial charge on any atom is -0.480 e. The van der Waals surface area contributed by atoms with E-state index in [-0.39, 0.29) is 18.4 Å². The van der Waals surface area contributed by atoms with E-state index in [0.717, 1.165) is 0 Å². The van der Waals surface area contributed by atoms with Gasteiger partial charge in [0.1, 0.15) is 11.3 Å². The lowest BCUT2D eigenvalue weighted by Gasteiger charge is -2.38. The number of carboxylic acid groups (broad SMARTS) is 1. The van der Waals surface area contributed by atoms with Gasteiger partial charge in [0.25, 0.3) is 0 Å². The van der Waals surface area contributed by atoms with Crippen LogP contribution in [0.2, 0.25) is 0 Å². The van der Waals surface area contributed by atoms with Crippen molar-refractivity contribution in [2.75, 3.05) is 19.0 Å². The van der Waals surface area contributed by atoms with Gasteiger partial charge in [0.05, 0.1) is 12.4 Å². The Kier molecular flexibility index (Phi) is 2.70. The average Bonchev–Trinajstić information content (AvgIpc) is 2.16. The summed E-state index contributed by atoms with van der Waals surface area (Å²) in [6.45, 7) is 0.655. The number of fused-ring (bicyclic) bond motifs is 1. The summed E-state index contributed by atoms with van der Waals surface area (Å²) >= 11 is 0. The van der Waals surface area contributed by atoms with Crippen LogP contribution in [0.5, 0.6) is 0 Å². The first-order chi connectivity index (χ1) is 7.00. The number of sulfone groups is 1. The first-order valence-electron chi connectivity index (χ1n) is 4.79. The second-order valence-corrected chi connectivity index (χ2v) is 6.16. The summed E-state index contributed by atoms with van der Waals surface area (Å²) < 4.78 is 28.6.